The molecule has 1 aliphatic rings. The number of nitrogens with two attached hydrogens (primary N) is 1. The molecule has 0 spiro atoms. The Bertz CT molecular complexity index is 392. The maximum Gasteiger partial charge on any atom is 0.119 e. The van der Waals surface area contributed by atoms with Crippen molar-refractivity contribution in [3.8, 4) is 5.75 Å². The molecule has 0 heterocycles. The molecule has 106 valence electrons. The zero-order valence-electron chi connectivity index (χ0n) is 11.7. The molecule has 1 saturated carbocycles. The quantitative estimate of drug-likeness (QED) is 0.864. The lowest BCUT2D eigenvalue weighted by Crippen LogP contribution is -2.45. The summed E-state index contributed by atoms with van der Waals surface area (Å²) in [6, 6.07) is 7.98. The average Bonchev–Trinajstić information content (AvgIpc) is 2.41. The molecule has 0 aliphatic heterocycles. The predicted molar refractivity (Wildman–Crippen MR) is 83.4 cm³/mol. The highest BCUT2D eigenvalue weighted by molar-refractivity contribution is 9.10. The first-order valence-electron chi connectivity index (χ1n) is 7.28. The second-order valence-electron chi connectivity index (χ2n) is 5.79. The second kappa shape index (κ2) is 6.76. The third kappa shape index (κ3) is 4.50. The van der Waals surface area contributed by atoms with Crippen LogP contribution in [0.2, 0.25) is 0 Å². The molecular weight excluding hydrogens is 302 g/mol. The van der Waals surface area contributed by atoms with Gasteiger partial charge in [-0.15, -0.1) is 0 Å². The molecule has 0 radical (unpaired) electrons. The van der Waals surface area contributed by atoms with Crippen LogP contribution in [0.5, 0.6) is 5.75 Å². The Morgan fingerprint density at radius 2 is 2.11 bits per heavy atom. The Kier molecular flexibility index (Phi) is 5.28. The van der Waals surface area contributed by atoms with Gasteiger partial charge in [-0.05, 0) is 49.4 Å². The topological polar surface area (TPSA) is 35.2 Å². The summed E-state index contributed by atoms with van der Waals surface area (Å²) in [6.45, 7) is 2.99. The highest BCUT2D eigenvalue weighted by Crippen LogP contribution is 2.34. The van der Waals surface area contributed by atoms with Crippen LogP contribution < -0.4 is 10.5 Å². The van der Waals surface area contributed by atoms with Crippen molar-refractivity contribution in [2.75, 3.05) is 6.61 Å². The second-order valence-corrected chi connectivity index (χ2v) is 6.70. The van der Waals surface area contributed by atoms with E-state index in [1.165, 1.54) is 19.3 Å². The largest absolute Gasteiger partial charge is 0.494 e. The fraction of sp³-hybridized carbons (Fsp3) is 0.625. The van der Waals surface area contributed by atoms with Crippen molar-refractivity contribution >= 4 is 15.9 Å². The van der Waals surface area contributed by atoms with E-state index >= 15 is 0 Å². The molecule has 19 heavy (non-hydrogen) atoms. The van der Waals surface area contributed by atoms with Gasteiger partial charge in [-0.25, -0.2) is 0 Å². The molecular formula is C16H24BrNO. The molecule has 1 aromatic carbocycles. The molecule has 1 aliphatic carbocycles. The lowest BCUT2D eigenvalue weighted by atomic mass is 9.74. The Morgan fingerprint density at radius 3 is 2.79 bits per heavy atom. The zero-order valence-corrected chi connectivity index (χ0v) is 13.3. The van der Waals surface area contributed by atoms with E-state index in [0.29, 0.717) is 6.61 Å². The van der Waals surface area contributed by atoms with E-state index in [9.17, 15) is 0 Å². The molecule has 2 nitrogen and oxygen atoms in total. The van der Waals surface area contributed by atoms with Crippen LogP contribution in [0, 0.1) is 5.92 Å². The van der Waals surface area contributed by atoms with E-state index in [4.69, 9.17) is 10.5 Å². The highest BCUT2D eigenvalue weighted by atomic mass is 79.9. The van der Waals surface area contributed by atoms with Crippen molar-refractivity contribution < 1.29 is 4.74 Å². The van der Waals surface area contributed by atoms with Gasteiger partial charge >= 0.3 is 0 Å². The van der Waals surface area contributed by atoms with E-state index in [1.54, 1.807) is 0 Å². The highest BCUT2D eigenvalue weighted by Gasteiger charge is 2.31. The van der Waals surface area contributed by atoms with E-state index in [-0.39, 0.29) is 5.54 Å². The molecule has 3 heteroatoms. The smallest absolute Gasteiger partial charge is 0.119 e. The number of benzene rings is 1. The first kappa shape index (κ1) is 14.9. The summed E-state index contributed by atoms with van der Waals surface area (Å²) in [5.74, 6) is 1.74. The number of hydrogen-bond acceptors (Lipinski definition) is 2. The minimum atomic E-state index is -0.00566. The number of ether oxygens (including phenoxy) is 1. The van der Waals surface area contributed by atoms with Gasteiger partial charge in [0.1, 0.15) is 5.75 Å². The maximum atomic E-state index is 6.53. The summed E-state index contributed by atoms with van der Waals surface area (Å²) in [5, 5.41) is 0. The molecule has 0 aromatic heterocycles. The first-order chi connectivity index (χ1) is 9.11. The zero-order chi connectivity index (χ0) is 13.7. The van der Waals surface area contributed by atoms with Gasteiger partial charge in [0.2, 0.25) is 0 Å². The summed E-state index contributed by atoms with van der Waals surface area (Å²) in [7, 11) is 0. The minimum absolute atomic E-state index is 0.00566. The average molecular weight is 326 g/mol. The van der Waals surface area contributed by atoms with Gasteiger partial charge in [0.05, 0.1) is 6.61 Å². The van der Waals surface area contributed by atoms with Crippen molar-refractivity contribution in [3.05, 3.63) is 28.7 Å². The van der Waals surface area contributed by atoms with Crippen molar-refractivity contribution in [2.45, 2.75) is 51.0 Å². The number of halogens is 1. The third-order valence-corrected chi connectivity index (χ3v) is 4.77. The van der Waals surface area contributed by atoms with Gasteiger partial charge in [-0.1, -0.05) is 42.1 Å². The van der Waals surface area contributed by atoms with Crippen LogP contribution in [0.15, 0.2) is 28.7 Å². The van der Waals surface area contributed by atoms with E-state index in [1.807, 2.05) is 24.3 Å². The summed E-state index contributed by atoms with van der Waals surface area (Å²) in [4.78, 5) is 0. The van der Waals surface area contributed by atoms with Gasteiger partial charge in [0.25, 0.3) is 0 Å². The molecule has 1 aromatic rings. The maximum absolute atomic E-state index is 6.53. The van der Waals surface area contributed by atoms with Crippen LogP contribution in [-0.2, 0) is 0 Å². The first-order valence-corrected chi connectivity index (χ1v) is 8.08. The molecule has 0 bridgehead atoms. The van der Waals surface area contributed by atoms with Gasteiger partial charge < -0.3 is 10.5 Å². The molecule has 2 rings (SSSR count). The Morgan fingerprint density at radius 1 is 1.37 bits per heavy atom. The van der Waals surface area contributed by atoms with Crippen molar-refractivity contribution in [1.29, 1.82) is 0 Å². The van der Waals surface area contributed by atoms with Gasteiger partial charge in [-0.3, -0.25) is 0 Å². The van der Waals surface area contributed by atoms with Crippen molar-refractivity contribution in [3.63, 3.8) is 0 Å². The lowest BCUT2D eigenvalue weighted by Gasteiger charge is -2.37. The SMILES string of the molecule is CCC1CCCC(N)(CCOc2ccc(Br)cc2)C1. The monoisotopic (exact) mass is 325 g/mol. The van der Waals surface area contributed by atoms with Crippen LogP contribution in [0.1, 0.15) is 45.4 Å². The fourth-order valence-corrected chi connectivity index (χ4v) is 3.26. The predicted octanol–water partition coefficient (Wildman–Crippen LogP) is 4.52. The third-order valence-electron chi connectivity index (χ3n) is 4.24. The molecule has 2 unspecified atom stereocenters. The number of rotatable bonds is 5. The Labute approximate surface area is 124 Å². The van der Waals surface area contributed by atoms with Gasteiger partial charge in [0.15, 0.2) is 0 Å². The summed E-state index contributed by atoms with van der Waals surface area (Å²) < 4.78 is 6.87. The van der Waals surface area contributed by atoms with Crippen LogP contribution in [0.3, 0.4) is 0 Å². The lowest BCUT2D eigenvalue weighted by molar-refractivity contribution is 0.175. The molecule has 2 atom stereocenters. The van der Waals surface area contributed by atoms with E-state index in [0.717, 1.165) is 35.4 Å². The minimum Gasteiger partial charge on any atom is -0.494 e. The summed E-state index contributed by atoms with van der Waals surface area (Å²) >= 11 is 3.42. The number of hydrogen-bond donors (Lipinski definition) is 1. The van der Waals surface area contributed by atoms with Gasteiger partial charge in [-0.2, -0.15) is 0 Å². The van der Waals surface area contributed by atoms with E-state index in [2.05, 4.69) is 22.9 Å². The van der Waals surface area contributed by atoms with Crippen LogP contribution in [0.25, 0.3) is 0 Å². The van der Waals surface area contributed by atoms with Crippen LogP contribution in [-0.4, -0.2) is 12.1 Å². The Balaban J connectivity index is 1.79. The fourth-order valence-electron chi connectivity index (χ4n) is 3.00. The molecule has 0 amide bonds. The summed E-state index contributed by atoms with van der Waals surface area (Å²) in [5.41, 5.74) is 6.52. The molecule has 1 fully saturated rings. The standard InChI is InChI=1S/C16H24BrNO/c1-2-13-4-3-9-16(18,12-13)10-11-19-15-7-5-14(17)6-8-15/h5-8,13H,2-4,9-12,18H2,1H3. The van der Waals surface area contributed by atoms with Crippen molar-refractivity contribution in [2.24, 2.45) is 11.7 Å². The summed E-state index contributed by atoms with van der Waals surface area (Å²) in [6.07, 6.45) is 7.14. The molecule has 0 saturated heterocycles. The Hall–Kier alpha value is -0.540. The van der Waals surface area contributed by atoms with E-state index < -0.39 is 0 Å². The van der Waals surface area contributed by atoms with Crippen LogP contribution >= 0.6 is 15.9 Å². The normalized spacial score (nSPS) is 27.2. The van der Waals surface area contributed by atoms with Gasteiger partial charge in [0, 0.05) is 10.0 Å². The van der Waals surface area contributed by atoms with Crippen LogP contribution in [0.4, 0.5) is 0 Å². The van der Waals surface area contributed by atoms with Crippen molar-refractivity contribution in [1.82, 2.24) is 0 Å². The molecule has 2 N–H and O–H groups in total.